The van der Waals surface area contributed by atoms with Gasteiger partial charge in [0.1, 0.15) is 6.10 Å². The number of hydrogen-bond donors (Lipinski definition) is 1. The molecule has 10 heteroatoms. The molecular weight excluding hydrogens is 402 g/mol. The Morgan fingerprint density at radius 1 is 1.20 bits per heavy atom. The lowest BCUT2D eigenvalue weighted by atomic mass is 10.1. The fourth-order valence-corrected chi connectivity index (χ4v) is 4.21. The number of nitrogens with one attached hydrogen (secondary N) is 1. The molecule has 154 valence electrons. The number of carbonyl (C=O) groups excluding carboxylic acids is 1. The first-order valence-corrected chi connectivity index (χ1v) is 10.8. The Hall–Kier alpha value is -3.14. The van der Waals surface area contributed by atoms with Gasteiger partial charge in [-0.15, -0.1) is 10.2 Å². The summed E-state index contributed by atoms with van der Waals surface area (Å²) in [6.45, 7) is 1.56. The van der Waals surface area contributed by atoms with E-state index < -0.39 is 0 Å². The molecule has 1 amide bonds. The van der Waals surface area contributed by atoms with E-state index in [4.69, 9.17) is 4.74 Å². The summed E-state index contributed by atoms with van der Waals surface area (Å²) < 4.78 is 5.95. The van der Waals surface area contributed by atoms with Crippen molar-refractivity contribution in [1.29, 1.82) is 0 Å². The number of hydrogen-bond acceptors (Lipinski definition) is 9. The summed E-state index contributed by atoms with van der Waals surface area (Å²) in [6.07, 6.45) is 6.95. The van der Waals surface area contributed by atoms with Crippen molar-refractivity contribution in [1.82, 2.24) is 25.4 Å². The molecule has 30 heavy (non-hydrogen) atoms. The van der Waals surface area contributed by atoms with E-state index in [0.29, 0.717) is 22.8 Å². The summed E-state index contributed by atoms with van der Waals surface area (Å²) >= 11 is 1.23. The molecule has 2 aliphatic rings. The second-order valence-electron chi connectivity index (χ2n) is 7.51. The normalized spacial score (nSPS) is 18.4. The third-order valence-electron chi connectivity index (χ3n) is 5.18. The van der Waals surface area contributed by atoms with E-state index in [2.05, 4.69) is 35.6 Å². The summed E-state index contributed by atoms with van der Waals surface area (Å²) in [5, 5.41) is 19.8. The van der Waals surface area contributed by atoms with Crippen molar-refractivity contribution in [3.05, 3.63) is 47.9 Å². The molecule has 4 heterocycles. The van der Waals surface area contributed by atoms with Crippen molar-refractivity contribution < 1.29 is 9.53 Å². The molecule has 1 aliphatic heterocycles. The van der Waals surface area contributed by atoms with Crippen molar-refractivity contribution in [3.63, 3.8) is 0 Å². The Kier molecular flexibility index (Phi) is 5.22. The molecule has 9 nitrogen and oxygen atoms in total. The predicted molar refractivity (Wildman–Crippen MR) is 112 cm³/mol. The number of carbonyl (C=O) groups is 1. The number of pyridine rings is 1. The predicted octanol–water partition coefficient (Wildman–Crippen LogP) is 2.44. The average Bonchev–Trinajstić information content (AvgIpc) is 3.37. The van der Waals surface area contributed by atoms with Gasteiger partial charge in [0.15, 0.2) is 5.82 Å². The largest absolute Gasteiger partial charge is 0.464 e. The first kappa shape index (κ1) is 18.9. The van der Waals surface area contributed by atoms with E-state index in [9.17, 15) is 4.79 Å². The van der Waals surface area contributed by atoms with Crippen LogP contribution in [0.3, 0.4) is 0 Å². The maximum Gasteiger partial charge on any atom is 0.296 e. The van der Waals surface area contributed by atoms with Gasteiger partial charge in [0.05, 0.1) is 13.0 Å². The molecule has 0 aromatic carbocycles. The van der Waals surface area contributed by atoms with Gasteiger partial charge in [0.2, 0.25) is 11.0 Å². The highest BCUT2D eigenvalue weighted by molar-refractivity contribution is 7.17. The number of aromatic nitrogens is 5. The Morgan fingerprint density at radius 2 is 2.13 bits per heavy atom. The number of anilines is 2. The molecule has 2 fully saturated rings. The van der Waals surface area contributed by atoms with Gasteiger partial charge < -0.3 is 15.0 Å². The molecule has 0 spiro atoms. The topological polar surface area (TPSA) is 106 Å². The van der Waals surface area contributed by atoms with Crippen LogP contribution in [0.25, 0.3) is 0 Å². The van der Waals surface area contributed by atoms with Crippen LogP contribution in [0.15, 0.2) is 36.7 Å². The van der Waals surface area contributed by atoms with Crippen molar-refractivity contribution >= 4 is 28.2 Å². The lowest BCUT2D eigenvalue weighted by molar-refractivity contribution is -0.115. The van der Waals surface area contributed by atoms with Crippen LogP contribution in [0.4, 0.5) is 10.9 Å². The fourth-order valence-electron chi connectivity index (χ4n) is 3.54. The molecular formula is C20H21N7O2S. The zero-order valence-corrected chi connectivity index (χ0v) is 17.1. The molecule has 3 aromatic heterocycles. The molecule has 1 atom stereocenters. The summed E-state index contributed by atoms with van der Waals surface area (Å²) in [5.74, 6) is 1.32. The van der Waals surface area contributed by atoms with Crippen LogP contribution >= 0.6 is 11.3 Å². The third kappa shape index (κ3) is 4.54. The Morgan fingerprint density at radius 3 is 2.97 bits per heavy atom. The Bertz CT molecular complexity index is 1020. The lowest BCUT2D eigenvalue weighted by Gasteiger charge is -2.16. The molecule has 0 unspecified atom stereocenters. The Balaban J connectivity index is 1.13. The van der Waals surface area contributed by atoms with Gasteiger partial charge in [0, 0.05) is 31.1 Å². The average molecular weight is 424 g/mol. The first-order chi connectivity index (χ1) is 14.7. The SMILES string of the molecule is O=C(Cc1cc(C2CC2)ccn1)Nc1nnc(O[C@@H]2CCN(c3cccnn3)C2)s1. The second-order valence-corrected chi connectivity index (χ2v) is 8.45. The highest BCUT2D eigenvalue weighted by Crippen LogP contribution is 2.39. The molecule has 5 rings (SSSR count). The van der Waals surface area contributed by atoms with E-state index in [1.165, 1.54) is 29.7 Å². The minimum Gasteiger partial charge on any atom is -0.464 e. The molecule has 1 saturated carbocycles. The summed E-state index contributed by atoms with van der Waals surface area (Å²) in [7, 11) is 0. The maximum absolute atomic E-state index is 12.4. The van der Waals surface area contributed by atoms with Gasteiger partial charge in [-0.05, 0) is 59.9 Å². The van der Waals surface area contributed by atoms with Crippen LogP contribution in [-0.2, 0) is 11.2 Å². The van der Waals surface area contributed by atoms with Crippen molar-refractivity contribution in [3.8, 4) is 5.19 Å². The first-order valence-electron chi connectivity index (χ1n) is 10.0. The van der Waals surface area contributed by atoms with E-state index in [1.54, 1.807) is 12.4 Å². The zero-order valence-electron chi connectivity index (χ0n) is 16.3. The minimum atomic E-state index is -0.159. The van der Waals surface area contributed by atoms with E-state index >= 15 is 0 Å². The van der Waals surface area contributed by atoms with Crippen molar-refractivity contribution in [2.75, 3.05) is 23.3 Å². The quantitative estimate of drug-likeness (QED) is 0.618. The molecule has 0 bridgehead atoms. The zero-order chi connectivity index (χ0) is 20.3. The summed E-state index contributed by atoms with van der Waals surface area (Å²) in [5.41, 5.74) is 2.04. The standard InChI is InChI=1S/C20H21N7O2S/c28-18(11-15-10-14(5-8-21-15)13-3-4-13)23-19-25-26-20(30-19)29-16-6-9-27(12-16)17-2-1-7-22-24-17/h1-2,5,7-8,10,13,16H,3-4,6,9,11-12H2,(H,23,25,28)/t16-/m1/s1. The fraction of sp³-hybridized carbons (Fsp3) is 0.400. The van der Waals surface area contributed by atoms with Gasteiger partial charge >= 0.3 is 0 Å². The van der Waals surface area contributed by atoms with Gasteiger partial charge in [-0.1, -0.05) is 5.10 Å². The van der Waals surface area contributed by atoms with E-state index in [1.807, 2.05) is 24.3 Å². The van der Waals surface area contributed by atoms with Crippen molar-refractivity contribution in [2.45, 2.75) is 37.7 Å². The van der Waals surface area contributed by atoms with Crippen LogP contribution in [0.1, 0.15) is 36.4 Å². The highest BCUT2D eigenvalue weighted by atomic mass is 32.1. The van der Waals surface area contributed by atoms with Gasteiger partial charge in [0.25, 0.3) is 5.19 Å². The van der Waals surface area contributed by atoms with E-state index in [0.717, 1.165) is 24.5 Å². The van der Waals surface area contributed by atoms with Gasteiger partial charge in [-0.2, -0.15) is 5.10 Å². The van der Waals surface area contributed by atoms with Crippen LogP contribution < -0.4 is 15.0 Å². The summed E-state index contributed by atoms with van der Waals surface area (Å²) in [6, 6.07) is 7.86. The number of amides is 1. The van der Waals surface area contributed by atoms with Crippen LogP contribution in [0.2, 0.25) is 0 Å². The van der Waals surface area contributed by atoms with Crippen molar-refractivity contribution in [2.24, 2.45) is 0 Å². The van der Waals surface area contributed by atoms with Crippen LogP contribution in [-0.4, -0.2) is 50.5 Å². The molecule has 0 radical (unpaired) electrons. The van der Waals surface area contributed by atoms with Gasteiger partial charge in [-0.3, -0.25) is 9.78 Å². The van der Waals surface area contributed by atoms with Crippen LogP contribution in [0.5, 0.6) is 5.19 Å². The van der Waals surface area contributed by atoms with E-state index in [-0.39, 0.29) is 18.4 Å². The number of nitrogens with zero attached hydrogens (tertiary/aromatic N) is 6. The molecule has 1 N–H and O–H groups in total. The van der Waals surface area contributed by atoms with Gasteiger partial charge in [-0.25, -0.2) is 0 Å². The lowest BCUT2D eigenvalue weighted by Crippen LogP contribution is -2.25. The highest BCUT2D eigenvalue weighted by Gasteiger charge is 2.26. The Labute approximate surface area is 177 Å². The molecule has 3 aromatic rings. The van der Waals surface area contributed by atoms with Crippen LogP contribution in [0, 0.1) is 0 Å². The summed E-state index contributed by atoms with van der Waals surface area (Å²) in [4.78, 5) is 18.8. The minimum absolute atomic E-state index is 0.00197. The smallest absolute Gasteiger partial charge is 0.296 e. The number of ether oxygens (including phenoxy) is 1. The molecule has 1 saturated heterocycles. The number of rotatable bonds is 7. The maximum atomic E-state index is 12.4. The monoisotopic (exact) mass is 423 g/mol. The molecule has 1 aliphatic carbocycles. The second kappa shape index (κ2) is 8.31. The third-order valence-corrected chi connectivity index (χ3v) is 5.91.